The predicted molar refractivity (Wildman–Crippen MR) is 108 cm³/mol. The summed E-state index contributed by atoms with van der Waals surface area (Å²) in [6, 6.07) is 0. The molecule has 11 heteroatoms. The SMILES string of the molecule is CCN(CC)C(=O)CN1C[C@@H]2[C@H](CNC(=O)c3nonc3C)[C@H]3CC[C@]2(C1)O3.O=CO. The van der Waals surface area contributed by atoms with Crippen molar-refractivity contribution in [3.8, 4) is 0 Å². The van der Waals surface area contributed by atoms with E-state index >= 15 is 0 Å². The minimum Gasteiger partial charge on any atom is -0.483 e. The van der Waals surface area contributed by atoms with Gasteiger partial charge in [0.25, 0.3) is 12.4 Å². The molecule has 3 aliphatic heterocycles. The van der Waals surface area contributed by atoms with Gasteiger partial charge in [0.2, 0.25) is 5.91 Å². The molecular formula is C20H31N5O6. The van der Waals surface area contributed by atoms with Gasteiger partial charge >= 0.3 is 0 Å². The van der Waals surface area contributed by atoms with Crippen LogP contribution >= 0.6 is 0 Å². The van der Waals surface area contributed by atoms with Crippen LogP contribution in [0.5, 0.6) is 0 Å². The number of hydrogen-bond acceptors (Lipinski definition) is 8. The zero-order valence-corrected chi connectivity index (χ0v) is 18.2. The van der Waals surface area contributed by atoms with Crippen LogP contribution in [0.3, 0.4) is 0 Å². The quantitative estimate of drug-likeness (QED) is 0.571. The Labute approximate surface area is 181 Å². The Morgan fingerprint density at radius 1 is 1.35 bits per heavy atom. The van der Waals surface area contributed by atoms with E-state index in [1.165, 1.54) is 0 Å². The van der Waals surface area contributed by atoms with E-state index in [1.54, 1.807) is 6.92 Å². The first-order valence-corrected chi connectivity index (χ1v) is 10.7. The van der Waals surface area contributed by atoms with Crippen LogP contribution in [-0.4, -0.2) is 94.5 Å². The molecular weight excluding hydrogens is 406 g/mol. The third-order valence-electron chi connectivity index (χ3n) is 6.70. The van der Waals surface area contributed by atoms with Crippen molar-refractivity contribution >= 4 is 18.3 Å². The number of carboxylic acid groups (broad SMARTS) is 1. The number of likely N-dealkylation sites (tertiary alicyclic amines) is 1. The zero-order valence-electron chi connectivity index (χ0n) is 18.2. The molecule has 11 nitrogen and oxygen atoms in total. The fourth-order valence-corrected chi connectivity index (χ4v) is 5.28. The fraction of sp³-hybridized carbons (Fsp3) is 0.750. The minimum atomic E-state index is -0.262. The van der Waals surface area contributed by atoms with Crippen molar-refractivity contribution in [2.24, 2.45) is 11.8 Å². The number of carbonyl (C=O) groups excluding carboxylic acids is 2. The lowest BCUT2D eigenvalue weighted by Gasteiger charge is -2.29. The lowest BCUT2D eigenvalue weighted by Crippen LogP contribution is -2.42. The minimum absolute atomic E-state index is 0.158. The van der Waals surface area contributed by atoms with Crippen LogP contribution in [0.2, 0.25) is 0 Å². The average molecular weight is 437 g/mol. The number of aryl methyl sites for hydroxylation is 1. The van der Waals surface area contributed by atoms with Crippen LogP contribution in [0.25, 0.3) is 0 Å². The number of fused-ring (bicyclic) bond motifs is 1. The van der Waals surface area contributed by atoms with Gasteiger partial charge in [-0.3, -0.25) is 19.3 Å². The third kappa shape index (κ3) is 4.57. The van der Waals surface area contributed by atoms with Gasteiger partial charge in [0, 0.05) is 44.6 Å². The maximum Gasteiger partial charge on any atom is 0.290 e. The van der Waals surface area contributed by atoms with Gasteiger partial charge in [-0.15, -0.1) is 0 Å². The first kappa shape index (κ1) is 23.1. The summed E-state index contributed by atoms with van der Waals surface area (Å²) in [5, 5.41) is 17.2. The second-order valence-corrected chi connectivity index (χ2v) is 8.28. The predicted octanol–water partition coefficient (Wildman–Crippen LogP) is 0.156. The van der Waals surface area contributed by atoms with Gasteiger partial charge in [-0.25, -0.2) is 4.63 Å². The molecule has 0 aromatic carbocycles. The highest BCUT2D eigenvalue weighted by molar-refractivity contribution is 5.92. The number of aromatic nitrogens is 2. The molecule has 4 heterocycles. The molecule has 0 radical (unpaired) electrons. The third-order valence-corrected chi connectivity index (χ3v) is 6.70. The Morgan fingerprint density at radius 3 is 2.68 bits per heavy atom. The summed E-state index contributed by atoms with van der Waals surface area (Å²) in [7, 11) is 0. The molecule has 0 unspecified atom stereocenters. The van der Waals surface area contributed by atoms with E-state index in [-0.39, 0.29) is 41.6 Å². The van der Waals surface area contributed by atoms with Crippen molar-refractivity contribution in [1.29, 1.82) is 0 Å². The summed E-state index contributed by atoms with van der Waals surface area (Å²) in [4.78, 5) is 37.3. The molecule has 2 amide bonds. The van der Waals surface area contributed by atoms with E-state index in [1.807, 2.05) is 18.7 Å². The summed E-state index contributed by atoms with van der Waals surface area (Å²) in [6.45, 7) is 9.57. The van der Waals surface area contributed by atoms with Crippen molar-refractivity contribution in [3.63, 3.8) is 0 Å². The molecule has 0 saturated carbocycles. The van der Waals surface area contributed by atoms with Crippen molar-refractivity contribution in [1.82, 2.24) is 25.4 Å². The molecule has 1 aromatic heterocycles. The monoisotopic (exact) mass is 437 g/mol. The second kappa shape index (κ2) is 9.73. The highest BCUT2D eigenvalue weighted by Gasteiger charge is 2.62. The Hall–Kier alpha value is -2.53. The molecule has 1 aromatic rings. The number of likely N-dealkylation sites (N-methyl/N-ethyl adjacent to an activating group) is 1. The molecule has 2 bridgehead atoms. The van der Waals surface area contributed by atoms with E-state index in [4.69, 9.17) is 14.6 Å². The van der Waals surface area contributed by atoms with Gasteiger partial charge in [0.1, 0.15) is 5.69 Å². The van der Waals surface area contributed by atoms with Crippen molar-refractivity contribution in [2.75, 3.05) is 39.3 Å². The van der Waals surface area contributed by atoms with Crippen LogP contribution in [0, 0.1) is 18.8 Å². The van der Waals surface area contributed by atoms with E-state index in [2.05, 4.69) is 25.2 Å². The van der Waals surface area contributed by atoms with Crippen molar-refractivity contribution in [3.05, 3.63) is 11.4 Å². The van der Waals surface area contributed by atoms with Crippen LogP contribution in [-0.2, 0) is 14.3 Å². The normalized spacial score (nSPS) is 28.5. The van der Waals surface area contributed by atoms with E-state index in [0.717, 1.165) is 39.0 Å². The Morgan fingerprint density at radius 2 is 2.06 bits per heavy atom. The summed E-state index contributed by atoms with van der Waals surface area (Å²) < 4.78 is 11.0. The molecule has 2 N–H and O–H groups in total. The van der Waals surface area contributed by atoms with Crippen LogP contribution in [0.15, 0.2) is 4.63 Å². The van der Waals surface area contributed by atoms with Crippen molar-refractivity contribution < 1.29 is 28.9 Å². The Balaban J connectivity index is 0.000000858. The first-order chi connectivity index (χ1) is 14.9. The molecule has 4 atom stereocenters. The summed E-state index contributed by atoms with van der Waals surface area (Å²) in [5.41, 5.74) is 0.561. The molecule has 3 saturated heterocycles. The lowest BCUT2D eigenvalue weighted by atomic mass is 9.73. The van der Waals surface area contributed by atoms with Gasteiger partial charge in [-0.1, -0.05) is 5.16 Å². The molecule has 4 rings (SSSR count). The van der Waals surface area contributed by atoms with Gasteiger partial charge in [0.15, 0.2) is 5.69 Å². The lowest BCUT2D eigenvalue weighted by molar-refractivity contribution is -0.132. The topological polar surface area (TPSA) is 138 Å². The average Bonchev–Trinajstić information content (AvgIpc) is 3.48. The largest absolute Gasteiger partial charge is 0.483 e. The zero-order chi connectivity index (χ0) is 22.6. The Kier molecular flexibility index (Phi) is 7.26. The van der Waals surface area contributed by atoms with Crippen molar-refractivity contribution in [2.45, 2.75) is 45.3 Å². The number of hydrogen-bond donors (Lipinski definition) is 2. The molecule has 3 aliphatic rings. The van der Waals surface area contributed by atoms with E-state index < -0.39 is 0 Å². The number of nitrogens with zero attached hydrogens (tertiary/aromatic N) is 4. The molecule has 31 heavy (non-hydrogen) atoms. The maximum atomic E-state index is 12.5. The van der Waals surface area contributed by atoms with Gasteiger partial charge in [0.05, 0.1) is 18.2 Å². The first-order valence-electron chi connectivity index (χ1n) is 10.7. The smallest absolute Gasteiger partial charge is 0.290 e. The number of rotatable bonds is 7. The van der Waals surface area contributed by atoms with Gasteiger partial charge < -0.3 is 20.1 Å². The number of nitrogens with one attached hydrogen (secondary N) is 1. The number of amides is 2. The number of carbonyl (C=O) groups is 3. The second-order valence-electron chi connectivity index (χ2n) is 8.28. The maximum absolute atomic E-state index is 12.5. The summed E-state index contributed by atoms with van der Waals surface area (Å²) in [6.07, 6.45) is 2.23. The fourth-order valence-electron chi connectivity index (χ4n) is 5.28. The van der Waals surface area contributed by atoms with Gasteiger partial charge in [-0.2, -0.15) is 0 Å². The van der Waals surface area contributed by atoms with Crippen LogP contribution in [0.1, 0.15) is 42.9 Å². The number of ether oxygens (including phenoxy) is 1. The molecule has 3 fully saturated rings. The summed E-state index contributed by atoms with van der Waals surface area (Å²) in [5.74, 6) is 0.510. The summed E-state index contributed by atoms with van der Waals surface area (Å²) >= 11 is 0. The van der Waals surface area contributed by atoms with E-state index in [0.29, 0.717) is 24.7 Å². The Bertz CT molecular complexity index is 797. The van der Waals surface area contributed by atoms with Crippen LogP contribution in [0.4, 0.5) is 0 Å². The highest BCUT2D eigenvalue weighted by Crippen LogP contribution is 2.54. The molecule has 0 aliphatic carbocycles. The molecule has 172 valence electrons. The van der Waals surface area contributed by atoms with Crippen LogP contribution < -0.4 is 5.32 Å². The van der Waals surface area contributed by atoms with Gasteiger partial charge in [-0.05, 0) is 38.8 Å². The van der Waals surface area contributed by atoms with E-state index in [9.17, 15) is 9.59 Å². The standard InChI is InChI=1S/C19H29N5O4.CH2O2/c1-4-24(5-2)16(25)10-23-9-14-13(15-6-7-19(14,11-23)27-15)8-20-18(26)17-12(3)21-28-22-17;2-1-3/h13-15H,4-11H2,1-3H3,(H,20,26);1H,(H,2,3)/t13-,14+,15+,19+;/m0./s1. The highest BCUT2D eigenvalue weighted by atomic mass is 16.6. The molecule has 1 spiro atoms.